The molecule has 3 rings (SSSR count). The predicted octanol–water partition coefficient (Wildman–Crippen LogP) is 1.15. The molecule has 1 atom stereocenters. The number of carbonyl (C=O) groups is 1. The van der Waals surface area contributed by atoms with E-state index in [1.54, 1.807) is 6.07 Å². The van der Waals surface area contributed by atoms with Gasteiger partial charge in [0.15, 0.2) is 0 Å². The Morgan fingerprint density at radius 1 is 1.40 bits per heavy atom. The molecule has 0 bridgehead atoms. The van der Waals surface area contributed by atoms with Crippen molar-refractivity contribution in [3.63, 3.8) is 0 Å². The van der Waals surface area contributed by atoms with Crippen LogP contribution in [0.5, 0.6) is 0 Å². The van der Waals surface area contributed by atoms with E-state index in [0.29, 0.717) is 11.7 Å². The molecular formula is C17H24N6O2. The molecule has 25 heavy (non-hydrogen) atoms. The van der Waals surface area contributed by atoms with E-state index in [2.05, 4.69) is 44.3 Å². The number of anilines is 1. The lowest BCUT2D eigenvalue weighted by Crippen LogP contribution is -2.33. The third kappa shape index (κ3) is 3.79. The Morgan fingerprint density at radius 3 is 2.84 bits per heavy atom. The van der Waals surface area contributed by atoms with Gasteiger partial charge in [0, 0.05) is 36.5 Å². The van der Waals surface area contributed by atoms with Gasteiger partial charge in [-0.3, -0.25) is 4.79 Å². The molecule has 1 amide bonds. The van der Waals surface area contributed by atoms with Crippen LogP contribution in [0.1, 0.15) is 34.0 Å². The second-order valence-electron chi connectivity index (χ2n) is 6.61. The Balaban J connectivity index is 1.77. The van der Waals surface area contributed by atoms with Crippen LogP contribution in [0.15, 0.2) is 16.9 Å². The van der Waals surface area contributed by atoms with E-state index < -0.39 is 0 Å². The van der Waals surface area contributed by atoms with Crippen molar-refractivity contribution in [2.75, 3.05) is 32.1 Å². The minimum Gasteiger partial charge on any atom is -0.364 e. The van der Waals surface area contributed by atoms with Gasteiger partial charge in [-0.25, -0.2) is 9.97 Å². The maximum absolute atomic E-state index is 12.4. The van der Waals surface area contributed by atoms with Crippen LogP contribution in [-0.2, 0) is 6.54 Å². The van der Waals surface area contributed by atoms with Crippen LogP contribution >= 0.6 is 0 Å². The highest BCUT2D eigenvalue weighted by molar-refractivity contribution is 5.90. The fraction of sp³-hybridized carbons (Fsp3) is 0.529. The van der Waals surface area contributed by atoms with Crippen LogP contribution in [0.25, 0.3) is 0 Å². The van der Waals surface area contributed by atoms with Crippen molar-refractivity contribution in [3.8, 4) is 0 Å². The molecule has 134 valence electrons. The van der Waals surface area contributed by atoms with Crippen molar-refractivity contribution in [2.45, 2.75) is 32.9 Å². The topological polar surface area (TPSA) is 87.4 Å². The maximum Gasteiger partial charge on any atom is 0.289 e. The average Bonchev–Trinajstić information content (AvgIpc) is 3.26. The van der Waals surface area contributed by atoms with E-state index in [-0.39, 0.29) is 18.3 Å². The van der Waals surface area contributed by atoms with Gasteiger partial charge in [0.1, 0.15) is 17.8 Å². The SMILES string of the molecule is Cc1nc(C(=O)NCc2ccon2)nc(N2CC[C@@H](N(C)C)C2)c1C. The van der Waals surface area contributed by atoms with E-state index in [0.717, 1.165) is 36.6 Å². The van der Waals surface area contributed by atoms with E-state index in [4.69, 9.17) is 4.52 Å². The molecular weight excluding hydrogens is 320 g/mol. The van der Waals surface area contributed by atoms with E-state index in [1.165, 1.54) is 6.26 Å². The summed E-state index contributed by atoms with van der Waals surface area (Å²) >= 11 is 0. The molecule has 0 saturated carbocycles. The zero-order chi connectivity index (χ0) is 18.0. The van der Waals surface area contributed by atoms with Gasteiger partial charge in [0.2, 0.25) is 5.82 Å². The van der Waals surface area contributed by atoms with Crippen molar-refractivity contribution in [3.05, 3.63) is 35.1 Å². The van der Waals surface area contributed by atoms with E-state index >= 15 is 0 Å². The Labute approximate surface area is 147 Å². The van der Waals surface area contributed by atoms with Gasteiger partial charge in [0.25, 0.3) is 5.91 Å². The zero-order valence-corrected chi connectivity index (χ0v) is 15.1. The number of carbonyl (C=O) groups excluding carboxylic acids is 1. The first kappa shape index (κ1) is 17.3. The summed E-state index contributed by atoms with van der Waals surface area (Å²) in [4.78, 5) is 25.8. The standard InChI is InChI=1S/C17H24N6O2/c1-11-12(2)19-15(17(24)18-9-13-6-8-25-21-13)20-16(11)23-7-5-14(10-23)22(3)4/h6,8,14H,5,7,9-10H2,1-4H3,(H,18,24)/t14-/m1/s1. The van der Waals surface area contributed by atoms with Gasteiger partial charge >= 0.3 is 0 Å². The predicted molar refractivity (Wildman–Crippen MR) is 93.5 cm³/mol. The van der Waals surface area contributed by atoms with Crippen molar-refractivity contribution < 1.29 is 9.32 Å². The summed E-state index contributed by atoms with van der Waals surface area (Å²) in [6.45, 7) is 6.04. The Morgan fingerprint density at radius 2 is 2.20 bits per heavy atom. The van der Waals surface area contributed by atoms with E-state index in [1.807, 2.05) is 13.8 Å². The second kappa shape index (κ2) is 7.18. The number of aryl methyl sites for hydroxylation is 1. The monoisotopic (exact) mass is 344 g/mol. The molecule has 0 radical (unpaired) electrons. The van der Waals surface area contributed by atoms with Crippen LogP contribution in [-0.4, -0.2) is 59.2 Å². The molecule has 2 aromatic rings. The quantitative estimate of drug-likeness (QED) is 0.870. The van der Waals surface area contributed by atoms with Gasteiger partial charge in [-0.15, -0.1) is 0 Å². The number of nitrogens with zero attached hydrogens (tertiary/aromatic N) is 5. The first-order chi connectivity index (χ1) is 12.0. The smallest absolute Gasteiger partial charge is 0.289 e. The zero-order valence-electron chi connectivity index (χ0n) is 15.1. The minimum absolute atomic E-state index is 0.190. The molecule has 0 aromatic carbocycles. The number of hydrogen-bond acceptors (Lipinski definition) is 7. The molecule has 1 aliphatic heterocycles. The minimum atomic E-state index is -0.310. The molecule has 0 unspecified atom stereocenters. The van der Waals surface area contributed by atoms with Crippen LogP contribution in [0.2, 0.25) is 0 Å². The lowest BCUT2D eigenvalue weighted by atomic mass is 10.2. The van der Waals surface area contributed by atoms with Gasteiger partial charge in [0.05, 0.1) is 6.54 Å². The number of rotatable bonds is 5. The number of aromatic nitrogens is 3. The third-order valence-corrected chi connectivity index (χ3v) is 4.68. The van der Waals surface area contributed by atoms with Gasteiger partial charge in [-0.05, 0) is 34.4 Å². The summed E-state index contributed by atoms with van der Waals surface area (Å²) < 4.78 is 4.76. The third-order valence-electron chi connectivity index (χ3n) is 4.68. The summed E-state index contributed by atoms with van der Waals surface area (Å²) in [5, 5.41) is 6.56. The van der Waals surface area contributed by atoms with E-state index in [9.17, 15) is 4.79 Å². The lowest BCUT2D eigenvalue weighted by Gasteiger charge is -2.23. The number of amides is 1. The van der Waals surface area contributed by atoms with Gasteiger partial charge in [-0.2, -0.15) is 0 Å². The highest BCUT2D eigenvalue weighted by atomic mass is 16.5. The molecule has 1 aliphatic rings. The highest BCUT2D eigenvalue weighted by Gasteiger charge is 2.27. The van der Waals surface area contributed by atoms with Crippen molar-refractivity contribution >= 4 is 11.7 Å². The number of hydrogen-bond donors (Lipinski definition) is 1. The summed E-state index contributed by atoms with van der Waals surface area (Å²) in [6.07, 6.45) is 2.56. The molecule has 1 N–H and O–H groups in total. The Kier molecular flexibility index (Phi) is 4.98. The van der Waals surface area contributed by atoms with Gasteiger partial charge < -0.3 is 19.6 Å². The van der Waals surface area contributed by atoms with Gasteiger partial charge in [-0.1, -0.05) is 5.16 Å². The molecule has 1 saturated heterocycles. The first-order valence-corrected chi connectivity index (χ1v) is 8.39. The number of nitrogens with one attached hydrogen (secondary N) is 1. The Bertz CT molecular complexity index is 744. The highest BCUT2D eigenvalue weighted by Crippen LogP contribution is 2.25. The van der Waals surface area contributed by atoms with Crippen LogP contribution in [0.4, 0.5) is 5.82 Å². The molecule has 2 aromatic heterocycles. The maximum atomic E-state index is 12.4. The Hall–Kier alpha value is -2.48. The number of likely N-dealkylation sites (N-methyl/N-ethyl adjacent to an activating group) is 1. The molecule has 0 aliphatic carbocycles. The average molecular weight is 344 g/mol. The normalized spacial score (nSPS) is 17.3. The fourth-order valence-corrected chi connectivity index (χ4v) is 2.96. The fourth-order valence-electron chi connectivity index (χ4n) is 2.96. The van der Waals surface area contributed by atoms with Crippen molar-refractivity contribution in [1.82, 2.24) is 25.3 Å². The largest absolute Gasteiger partial charge is 0.364 e. The van der Waals surface area contributed by atoms with Crippen molar-refractivity contribution in [2.24, 2.45) is 0 Å². The summed E-state index contributed by atoms with van der Waals surface area (Å²) in [7, 11) is 4.18. The summed E-state index contributed by atoms with van der Waals surface area (Å²) in [5.41, 5.74) is 2.50. The van der Waals surface area contributed by atoms with Crippen LogP contribution in [0.3, 0.4) is 0 Å². The van der Waals surface area contributed by atoms with Crippen LogP contribution < -0.4 is 10.2 Å². The lowest BCUT2D eigenvalue weighted by molar-refractivity contribution is 0.0939. The molecule has 0 spiro atoms. The molecule has 3 heterocycles. The molecule has 1 fully saturated rings. The van der Waals surface area contributed by atoms with Crippen molar-refractivity contribution in [1.29, 1.82) is 0 Å². The molecule has 8 heteroatoms. The van der Waals surface area contributed by atoms with Crippen LogP contribution in [0, 0.1) is 13.8 Å². The first-order valence-electron chi connectivity index (χ1n) is 8.39. The summed E-state index contributed by atoms with van der Waals surface area (Å²) in [5.74, 6) is 0.731. The summed E-state index contributed by atoms with van der Waals surface area (Å²) in [6, 6.07) is 2.21. The molecule has 8 nitrogen and oxygen atoms in total. The second-order valence-corrected chi connectivity index (χ2v) is 6.61.